The number of hydrogen-bond acceptors (Lipinski definition) is 6. The van der Waals surface area contributed by atoms with Crippen LogP contribution in [0.25, 0.3) is 10.2 Å². The number of benzene rings is 1. The fourth-order valence-corrected chi connectivity index (χ4v) is 4.22. The molecule has 0 saturated carbocycles. The van der Waals surface area contributed by atoms with E-state index in [-0.39, 0.29) is 24.0 Å². The van der Waals surface area contributed by atoms with E-state index in [2.05, 4.69) is 4.98 Å². The molecule has 0 amide bonds. The number of nitrogens with zero attached hydrogens (tertiary/aromatic N) is 2. The summed E-state index contributed by atoms with van der Waals surface area (Å²) in [6.45, 7) is 10.8. The van der Waals surface area contributed by atoms with Crippen LogP contribution < -0.4 is 5.56 Å². The number of ether oxygens (including phenoxy) is 1. The highest BCUT2D eigenvalue weighted by Gasteiger charge is 2.23. The van der Waals surface area contributed by atoms with Crippen molar-refractivity contribution < 1.29 is 14.3 Å². The summed E-state index contributed by atoms with van der Waals surface area (Å²) in [7, 11) is 0. The molecular formula is C22H24N2O4S. The van der Waals surface area contributed by atoms with Crippen LogP contribution >= 0.6 is 11.3 Å². The molecule has 6 nitrogen and oxygen atoms in total. The monoisotopic (exact) mass is 412 g/mol. The van der Waals surface area contributed by atoms with Crippen LogP contribution in [0.15, 0.2) is 23.0 Å². The van der Waals surface area contributed by atoms with Crippen LogP contribution in [-0.2, 0) is 11.3 Å². The van der Waals surface area contributed by atoms with E-state index in [0.29, 0.717) is 32.0 Å². The first-order valence-electron chi connectivity index (χ1n) is 9.42. The fourth-order valence-electron chi connectivity index (χ4n) is 3.12. The molecule has 0 saturated heterocycles. The molecule has 2 heterocycles. The first-order valence-corrected chi connectivity index (χ1v) is 10.2. The molecule has 7 heteroatoms. The third kappa shape index (κ3) is 4.00. The number of fused-ring (bicyclic) bond motifs is 1. The lowest BCUT2D eigenvalue weighted by Crippen LogP contribution is -2.27. The highest BCUT2D eigenvalue weighted by Crippen LogP contribution is 2.28. The van der Waals surface area contributed by atoms with Gasteiger partial charge in [0.1, 0.15) is 15.5 Å². The third-order valence-corrected chi connectivity index (χ3v) is 6.07. The molecule has 0 unspecified atom stereocenters. The standard InChI is InChI=1S/C22H24N2O4S/c1-11(2)28-22(27)19-14(5)18-20(29-19)23-15(6)24(21(18)26)10-17(25)16-8-7-12(3)13(4)9-16/h7-9,11H,10H2,1-6H3. The highest BCUT2D eigenvalue weighted by molar-refractivity contribution is 7.20. The number of Topliss-reactive ketones (excluding diaryl/α,β-unsaturated/α-hetero) is 1. The van der Waals surface area contributed by atoms with Crippen molar-refractivity contribution in [3.05, 3.63) is 61.5 Å². The molecule has 29 heavy (non-hydrogen) atoms. The van der Waals surface area contributed by atoms with Gasteiger partial charge < -0.3 is 4.74 Å². The molecule has 2 aromatic heterocycles. The van der Waals surface area contributed by atoms with Crippen LogP contribution in [0.5, 0.6) is 0 Å². The van der Waals surface area contributed by atoms with Gasteiger partial charge in [-0.2, -0.15) is 0 Å². The van der Waals surface area contributed by atoms with E-state index in [4.69, 9.17) is 4.74 Å². The minimum Gasteiger partial charge on any atom is -0.459 e. The maximum absolute atomic E-state index is 13.1. The predicted octanol–water partition coefficient (Wildman–Crippen LogP) is 4.14. The van der Waals surface area contributed by atoms with E-state index in [0.717, 1.165) is 22.5 Å². The van der Waals surface area contributed by atoms with Crippen molar-refractivity contribution in [3.63, 3.8) is 0 Å². The first kappa shape index (κ1) is 20.9. The van der Waals surface area contributed by atoms with Crippen LogP contribution in [0, 0.1) is 27.7 Å². The number of thiophene rings is 1. The summed E-state index contributed by atoms with van der Waals surface area (Å²) in [5.74, 6) is -0.188. The molecule has 0 N–H and O–H groups in total. The minimum atomic E-state index is -0.463. The predicted molar refractivity (Wildman–Crippen MR) is 114 cm³/mol. The van der Waals surface area contributed by atoms with Crippen molar-refractivity contribution in [2.75, 3.05) is 0 Å². The number of hydrogen-bond donors (Lipinski definition) is 0. The van der Waals surface area contributed by atoms with Gasteiger partial charge in [0.25, 0.3) is 5.56 Å². The number of aryl methyl sites for hydroxylation is 4. The maximum atomic E-state index is 13.1. The molecule has 0 aliphatic heterocycles. The lowest BCUT2D eigenvalue weighted by atomic mass is 10.0. The van der Waals surface area contributed by atoms with Crippen molar-refractivity contribution >= 4 is 33.3 Å². The van der Waals surface area contributed by atoms with E-state index < -0.39 is 5.97 Å². The van der Waals surface area contributed by atoms with E-state index in [1.807, 2.05) is 26.0 Å². The molecule has 0 atom stereocenters. The summed E-state index contributed by atoms with van der Waals surface area (Å²) in [4.78, 5) is 43.6. The Morgan fingerprint density at radius 3 is 2.45 bits per heavy atom. The van der Waals surface area contributed by atoms with Gasteiger partial charge in [0.15, 0.2) is 5.78 Å². The molecule has 1 aromatic carbocycles. The quantitative estimate of drug-likeness (QED) is 0.465. The van der Waals surface area contributed by atoms with Gasteiger partial charge in [0.2, 0.25) is 0 Å². The van der Waals surface area contributed by atoms with Gasteiger partial charge in [-0.15, -0.1) is 11.3 Å². The van der Waals surface area contributed by atoms with Crippen LogP contribution in [0.2, 0.25) is 0 Å². The fraction of sp³-hybridized carbons (Fsp3) is 0.364. The Morgan fingerprint density at radius 1 is 1.14 bits per heavy atom. The molecule has 0 fully saturated rings. The van der Waals surface area contributed by atoms with Crippen molar-refractivity contribution in [3.8, 4) is 0 Å². The molecule has 0 aliphatic carbocycles. The number of rotatable bonds is 5. The number of esters is 1. The van der Waals surface area contributed by atoms with Gasteiger partial charge in [0, 0.05) is 5.56 Å². The SMILES string of the molecule is Cc1ccc(C(=O)Cn2c(C)nc3sc(C(=O)OC(C)C)c(C)c3c2=O)cc1C. The van der Waals surface area contributed by atoms with Crippen molar-refractivity contribution in [2.24, 2.45) is 0 Å². The maximum Gasteiger partial charge on any atom is 0.348 e. The Labute approximate surface area is 173 Å². The van der Waals surface area contributed by atoms with E-state index in [9.17, 15) is 14.4 Å². The van der Waals surface area contributed by atoms with Crippen LogP contribution in [0.3, 0.4) is 0 Å². The lowest BCUT2D eigenvalue weighted by molar-refractivity contribution is 0.0383. The van der Waals surface area contributed by atoms with Crippen molar-refractivity contribution in [2.45, 2.75) is 54.2 Å². The molecule has 3 rings (SSSR count). The lowest BCUT2D eigenvalue weighted by Gasteiger charge is -2.10. The van der Waals surface area contributed by atoms with Crippen LogP contribution in [0.1, 0.15) is 56.4 Å². The summed E-state index contributed by atoms with van der Waals surface area (Å²) in [5, 5.41) is 0.365. The zero-order valence-electron chi connectivity index (χ0n) is 17.5. The highest BCUT2D eigenvalue weighted by atomic mass is 32.1. The van der Waals surface area contributed by atoms with Gasteiger partial charge in [-0.25, -0.2) is 9.78 Å². The molecule has 152 valence electrons. The number of carbonyl (C=O) groups excluding carboxylic acids is 2. The Hall–Kier alpha value is -2.80. The summed E-state index contributed by atoms with van der Waals surface area (Å²) in [5.41, 5.74) is 2.91. The number of aromatic nitrogens is 2. The second-order valence-electron chi connectivity index (χ2n) is 7.46. The van der Waals surface area contributed by atoms with Gasteiger partial charge in [0.05, 0.1) is 18.0 Å². The zero-order chi connectivity index (χ0) is 21.5. The average molecular weight is 413 g/mol. The topological polar surface area (TPSA) is 78.3 Å². The Kier molecular flexibility index (Phi) is 5.71. The second kappa shape index (κ2) is 7.91. The smallest absolute Gasteiger partial charge is 0.348 e. The number of carbonyl (C=O) groups is 2. The number of ketones is 1. The molecule has 0 bridgehead atoms. The van der Waals surface area contributed by atoms with Crippen LogP contribution in [0.4, 0.5) is 0 Å². The second-order valence-corrected chi connectivity index (χ2v) is 8.46. The Balaban J connectivity index is 2.04. The Morgan fingerprint density at radius 2 is 1.83 bits per heavy atom. The van der Waals surface area contributed by atoms with Gasteiger partial charge in [-0.05, 0) is 64.3 Å². The Bertz CT molecular complexity index is 1190. The molecule has 0 radical (unpaired) electrons. The summed E-state index contributed by atoms with van der Waals surface area (Å²) in [6.07, 6.45) is -0.256. The van der Waals surface area contributed by atoms with Gasteiger partial charge in [-0.3, -0.25) is 14.2 Å². The normalized spacial score (nSPS) is 11.3. The first-order chi connectivity index (χ1) is 13.6. The summed E-state index contributed by atoms with van der Waals surface area (Å²) < 4.78 is 6.64. The largest absolute Gasteiger partial charge is 0.459 e. The van der Waals surface area contributed by atoms with Crippen molar-refractivity contribution in [1.82, 2.24) is 9.55 Å². The van der Waals surface area contributed by atoms with Crippen LogP contribution in [-0.4, -0.2) is 27.4 Å². The molecule has 0 aliphatic rings. The molecule has 0 spiro atoms. The van der Waals surface area contributed by atoms with Gasteiger partial charge >= 0.3 is 5.97 Å². The van der Waals surface area contributed by atoms with E-state index in [1.54, 1.807) is 33.8 Å². The molecular weight excluding hydrogens is 388 g/mol. The third-order valence-electron chi connectivity index (χ3n) is 4.90. The summed E-state index contributed by atoms with van der Waals surface area (Å²) >= 11 is 1.15. The zero-order valence-corrected chi connectivity index (χ0v) is 18.3. The summed E-state index contributed by atoms with van der Waals surface area (Å²) in [6, 6.07) is 5.50. The minimum absolute atomic E-state index is 0.100. The van der Waals surface area contributed by atoms with Gasteiger partial charge in [-0.1, -0.05) is 12.1 Å². The molecule has 3 aromatic rings. The average Bonchev–Trinajstić information content (AvgIpc) is 2.96. The van der Waals surface area contributed by atoms with E-state index in [1.165, 1.54) is 4.57 Å². The van der Waals surface area contributed by atoms with Crippen molar-refractivity contribution in [1.29, 1.82) is 0 Å². The van der Waals surface area contributed by atoms with E-state index >= 15 is 0 Å².